The Morgan fingerprint density at radius 1 is 1.10 bits per heavy atom. The Morgan fingerprint density at radius 2 is 1.93 bits per heavy atom. The van der Waals surface area contributed by atoms with Gasteiger partial charge in [0, 0.05) is 23.7 Å². The molecule has 0 atom stereocenters. The van der Waals surface area contributed by atoms with E-state index in [1.807, 2.05) is 24.3 Å². The van der Waals surface area contributed by atoms with Gasteiger partial charge in [0.25, 0.3) is 5.91 Å². The number of carbonyl (C=O) groups is 1. The number of benzene rings is 1. The highest BCUT2D eigenvalue weighted by Gasteiger charge is 2.18. The zero-order chi connectivity index (χ0) is 21.1. The van der Waals surface area contributed by atoms with E-state index >= 15 is 0 Å². The minimum atomic E-state index is -0.547. The van der Waals surface area contributed by atoms with Crippen LogP contribution in [0, 0.1) is 11.3 Å². The van der Waals surface area contributed by atoms with Gasteiger partial charge >= 0.3 is 0 Å². The van der Waals surface area contributed by atoms with Crippen molar-refractivity contribution in [1.29, 1.82) is 5.26 Å². The molecule has 0 radical (unpaired) electrons. The lowest BCUT2D eigenvalue weighted by Crippen LogP contribution is -2.15. The van der Waals surface area contributed by atoms with Crippen molar-refractivity contribution >= 4 is 34.1 Å². The van der Waals surface area contributed by atoms with Gasteiger partial charge < -0.3 is 10.4 Å². The third kappa shape index (κ3) is 3.90. The largest absolute Gasteiger partial charge is 0.505 e. The number of anilines is 1. The van der Waals surface area contributed by atoms with Crippen LogP contribution in [0.4, 0.5) is 5.69 Å². The lowest BCUT2D eigenvalue weighted by molar-refractivity contribution is 0.101. The number of aromatic nitrogens is 3. The lowest BCUT2D eigenvalue weighted by atomic mass is 10.0. The summed E-state index contributed by atoms with van der Waals surface area (Å²) in [6.07, 6.45) is 3.53. The number of hydrogen-bond acceptors (Lipinski definition) is 6. The number of carbonyl (C=O) groups excluding carboxylic acids is 1. The number of aromatic hydroxyl groups is 1. The molecule has 146 valence electrons. The first-order valence-electron chi connectivity index (χ1n) is 8.93. The van der Waals surface area contributed by atoms with E-state index in [1.54, 1.807) is 30.5 Å². The van der Waals surface area contributed by atoms with Crippen LogP contribution in [0.1, 0.15) is 27.3 Å². The Balaban J connectivity index is 1.61. The zero-order valence-corrected chi connectivity index (χ0v) is 16.3. The molecule has 0 aliphatic rings. The van der Waals surface area contributed by atoms with Crippen LogP contribution in [0.25, 0.3) is 10.9 Å². The fourth-order valence-electron chi connectivity index (χ4n) is 3.02. The standard InChI is InChI=1S/C22H14ClN5O2/c23-19-8-7-16-18(27-19)12-26-20(21(16)29)22(30)28-17-4-2-1-3-14(17)9-13-5-6-15(10-24)25-11-13/h1-8,11-12,29H,9H2,(H,28,30). The van der Waals surface area contributed by atoms with E-state index in [9.17, 15) is 9.90 Å². The molecule has 1 amide bonds. The lowest BCUT2D eigenvalue weighted by Gasteiger charge is -2.12. The van der Waals surface area contributed by atoms with Crippen molar-refractivity contribution in [3.8, 4) is 11.8 Å². The van der Waals surface area contributed by atoms with Crippen molar-refractivity contribution in [1.82, 2.24) is 15.0 Å². The monoisotopic (exact) mass is 415 g/mol. The van der Waals surface area contributed by atoms with Crippen LogP contribution in [0.15, 0.2) is 60.9 Å². The maximum absolute atomic E-state index is 12.8. The topological polar surface area (TPSA) is 112 Å². The molecule has 4 aromatic rings. The zero-order valence-electron chi connectivity index (χ0n) is 15.5. The van der Waals surface area contributed by atoms with E-state index in [0.717, 1.165) is 11.1 Å². The van der Waals surface area contributed by atoms with Crippen molar-refractivity contribution in [2.24, 2.45) is 0 Å². The van der Waals surface area contributed by atoms with Crippen LogP contribution < -0.4 is 5.32 Å². The van der Waals surface area contributed by atoms with Crippen LogP contribution in [0.5, 0.6) is 5.75 Å². The molecular weight excluding hydrogens is 402 g/mol. The molecule has 30 heavy (non-hydrogen) atoms. The Bertz CT molecular complexity index is 1300. The molecule has 4 rings (SSSR count). The molecule has 1 aromatic carbocycles. The summed E-state index contributed by atoms with van der Waals surface area (Å²) in [6, 6.07) is 15.9. The number of pyridine rings is 3. The summed E-state index contributed by atoms with van der Waals surface area (Å²) in [4.78, 5) is 25.0. The third-order valence-corrected chi connectivity index (χ3v) is 4.71. The molecule has 8 heteroatoms. The van der Waals surface area contributed by atoms with Crippen LogP contribution in [0.2, 0.25) is 5.15 Å². The first-order valence-corrected chi connectivity index (χ1v) is 9.31. The van der Waals surface area contributed by atoms with Crippen molar-refractivity contribution in [2.45, 2.75) is 6.42 Å². The average molecular weight is 416 g/mol. The summed E-state index contributed by atoms with van der Waals surface area (Å²) >= 11 is 5.86. The number of rotatable bonds is 4. The van der Waals surface area contributed by atoms with Crippen molar-refractivity contribution in [3.63, 3.8) is 0 Å². The second-order valence-corrected chi connectivity index (χ2v) is 6.86. The molecule has 2 N–H and O–H groups in total. The number of fused-ring (bicyclic) bond motifs is 1. The Labute approximate surface area is 176 Å². The normalized spacial score (nSPS) is 10.5. The molecule has 0 spiro atoms. The molecule has 7 nitrogen and oxygen atoms in total. The summed E-state index contributed by atoms with van der Waals surface area (Å²) in [6.45, 7) is 0. The smallest absolute Gasteiger partial charge is 0.278 e. The highest BCUT2D eigenvalue weighted by molar-refractivity contribution is 6.29. The highest BCUT2D eigenvalue weighted by Crippen LogP contribution is 2.28. The number of para-hydroxylation sites is 1. The van der Waals surface area contributed by atoms with Crippen molar-refractivity contribution in [2.75, 3.05) is 5.32 Å². The van der Waals surface area contributed by atoms with Gasteiger partial charge in [-0.25, -0.2) is 15.0 Å². The minimum Gasteiger partial charge on any atom is -0.505 e. The van der Waals surface area contributed by atoms with E-state index in [1.165, 1.54) is 12.3 Å². The van der Waals surface area contributed by atoms with Crippen LogP contribution >= 0.6 is 11.6 Å². The molecule has 0 saturated heterocycles. The second-order valence-electron chi connectivity index (χ2n) is 6.47. The number of hydrogen-bond donors (Lipinski definition) is 2. The summed E-state index contributed by atoms with van der Waals surface area (Å²) in [5.74, 6) is -0.808. The van der Waals surface area contributed by atoms with Gasteiger partial charge in [0.05, 0.1) is 11.7 Å². The molecule has 3 aromatic heterocycles. The van der Waals surface area contributed by atoms with Gasteiger partial charge in [-0.1, -0.05) is 35.9 Å². The van der Waals surface area contributed by atoms with Gasteiger partial charge in [0.15, 0.2) is 11.4 Å². The summed E-state index contributed by atoms with van der Waals surface area (Å²) in [5, 5.41) is 22.8. The average Bonchev–Trinajstić information content (AvgIpc) is 2.75. The number of halogens is 1. The van der Waals surface area contributed by atoms with Gasteiger partial charge in [-0.05, 0) is 35.4 Å². The molecule has 0 unspecified atom stereocenters. The van der Waals surface area contributed by atoms with E-state index < -0.39 is 5.91 Å². The molecular formula is C22H14ClN5O2. The van der Waals surface area contributed by atoms with Gasteiger partial charge in [-0.3, -0.25) is 4.79 Å². The van der Waals surface area contributed by atoms with Crippen LogP contribution in [0.3, 0.4) is 0 Å². The fraction of sp³-hybridized carbons (Fsp3) is 0.0455. The second kappa shape index (κ2) is 8.15. The molecule has 0 saturated carbocycles. The molecule has 0 aliphatic heterocycles. The molecule has 0 bridgehead atoms. The van der Waals surface area contributed by atoms with Gasteiger partial charge in [0.1, 0.15) is 16.9 Å². The minimum absolute atomic E-state index is 0.110. The number of amides is 1. The maximum atomic E-state index is 12.8. The van der Waals surface area contributed by atoms with E-state index in [-0.39, 0.29) is 16.6 Å². The van der Waals surface area contributed by atoms with Gasteiger partial charge in [-0.15, -0.1) is 0 Å². The quantitative estimate of drug-likeness (QED) is 0.485. The van der Waals surface area contributed by atoms with Gasteiger partial charge in [-0.2, -0.15) is 5.26 Å². The summed E-state index contributed by atoms with van der Waals surface area (Å²) in [7, 11) is 0. The molecule has 0 aliphatic carbocycles. The first-order chi connectivity index (χ1) is 14.5. The van der Waals surface area contributed by atoms with Crippen LogP contribution in [-0.2, 0) is 6.42 Å². The molecule has 0 fully saturated rings. The van der Waals surface area contributed by atoms with E-state index in [2.05, 4.69) is 20.3 Å². The Morgan fingerprint density at radius 3 is 2.70 bits per heavy atom. The van der Waals surface area contributed by atoms with Gasteiger partial charge in [0.2, 0.25) is 0 Å². The third-order valence-electron chi connectivity index (χ3n) is 4.50. The number of nitriles is 1. The summed E-state index contributed by atoms with van der Waals surface area (Å²) < 4.78 is 0. The van der Waals surface area contributed by atoms with Crippen molar-refractivity contribution < 1.29 is 9.90 Å². The van der Waals surface area contributed by atoms with Crippen molar-refractivity contribution in [3.05, 3.63) is 88.6 Å². The predicted molar refractivity (Wildman–Crippen MR) is 112 cm³/mol. The fourth-order valence-corrected chi connectivity index (χ4v) is 3.18. The Kier molecular flexibility index (Phi) is 5.24. The number of nitrogens with one attached hydrogen (secondary N) is 1. The SMILES string of the molecule is N#Cc1ccc(Cc2ccccc2NC(=O)c2ncc3nc(Cl)ccc3c2O)cn1. The van der Waals surface area contributed by atoms with E-state index in [4.69, 9.17) is 16.9 Å². The summed E-state index contributed by atoms with van der Waals surface area (Å²) in [5.41, 5.74) is 2.96. The van der Waals surface area contributed by atoms with E-state index in [0.29, 0.717) is 28.7 Å². The maximum Gasteiger partial charge on any atom is 0.278 e. The molecule has 3 heterocycles. The first kappa shape index (κ1) is 19.3. The Hall–Kier alpha value is -4.02. The highest BCUT2D eigenvalue weighted by atomic mass is 35.5. The van der Waals surface area contributed by atoms with Crippen LogP contribution in [-0.4, -0.2) is 26.0 Å². The predicted octanol–water partition coefficient (Wildman–Crippen LogP) is 4.10. The number of nitrogens with zero attached hydrogens (tertiary/aromatic N) is 4.